The number of anilines is 1. The Morgan fingerprint density at radius 3 is 2.76 bits per heavy atom. The summed E-state index contributed by atoms with van der Waals surface area (Å²) in [6.45, 7) is 6.00. The Balaban J connectivity index is 2.04. The van der Waals surface area contributed by atoms with Crippen molar-refractivity contribution in [3.8, 4) is 6.07 Å². The third-order valence-electron chi connectivity index (χ3n) is 3.67. The number of rotatable bonds is 3. The number of nitrogens with zero attached hydrogens (tertiary/aromatic N) is 2. The van der Waals surface area contributed by atoms with Crippen LogP contribution in [0.5, 0.6) is 0 Å². The zero-order valence-electron chi connectivity index (χ0n) is 12.6. The molecule has 4 heteroatoms. The van der Waals surface area contributed by atoms with Crippen LogP contribution in [0.3, 0.4) is 0 Å². The molecule has 0 bridgehead atoms. The molecule has 2 rings (SSSR count). The average Bonchev–Trinajstić information content (AvgIpc) is 2.47. The third-order valence-corrected chi connectivity index (χ3v) is 3.67. The predicted molar refractivity (Wildman–Crippen MR) is 83.5 cm³/mol. The van der Waals surface area contributed by atoms with Crippen molar-refractivity contribution in [3.05, 3.63) is 41.6 Å². The van der Waals surface area contributed by atoms with Crippen LogP contribution < -0.4 is 5.32 Å². The summed E-state index contributed by atoms with van der Waals surface area (Å²) in [6, 6.07) is 9.54. The van der Waals surface area contributed by atoms with Crippen LogP contribution >= 0.6 is 0 Å². The van der Waals surface area contributed by atoms with Gasteiger partial charge in [-0.05, 0) is 37.8 Å². The molecule has 110 valence electrons. The second kappa shape index (κ2) is 6.94. The van der Waals surface area contributed by atoms with Gasteiger partial charge < -0.3 is 10.2 Å². The lowest BCUT2D eigenvalue weighted by Gasteiger charge is -2.29. The Morgan fingerprint density at radius 1 is 1.43 bits per heavy atom. The van der Waals surface area contributed by atoms with Crippen LogP contribution in [0.2, 0.25) is 0 Å². The topological polar surface area (TPSA) is 56.1 Å². The molecule has 1 aliphatic rings. The predicted octanol–water partition coefficient (Wildman–Crippen LogP) is 3.07. The summed E-state index contributed by atoms with van der Waals surface area (Å²) in [4.78, 5) is 14.2. The Morgan fingerprint density at radius 2 is 2.14 bits per heavy atom. The van der Waals surface area contributed by atoms with E-state index in [9.17, 15) is 10.1 Å². The van der Waals surface area contributed by atoms with E-state index in [0.29, 0.717) is 11.6 Å². The van der Waals surface area contributed by atoms with Gasteiger partial charge in [0.05, 0.1) is 0 Å². The van der Waals surface area contributed by atoms with E-state index < -0.39 is 0 Å². The summed E-state index contributed by atoms with van der Waals surface area (Å²) >= 11 is 0. The third kappa shape index (κ3) is 4.35. The molecule has 0 aromatic heterocycles. The maximum Gasteiger partial charge on any atom is 0.267 e. The summed E-state index contributed by atoms with van der Waals surface area (Å²) in [7, 11) is 0. The van der Waals surface area contributed by atoms with E-state index in [1.165, 1.54) is 6.42 Å². The molecule has 1 heterocycles. The van der Waals surface area contributed by atoms with Crippen LogP contribution in [-0.4, -0.2) is 23.9 Å². The van der Waals surface area contributed by atoms with Crippen molar-refractivity contribution in [1.82, 2.24) is 4.90 Å². The number of nitriles is 1. The number of hydrogen-bond donors (Lipinski definition) is 1. The van der Waals surface area contributed by atoms with E-state index in [1.807, 2.05) is 37.3 Å². The first-order valence-corrected chi connectivity index (χ1v) is 7.32. The smallest absolute Gasteiger partial charge is 0.267 e. The quantitative estimate of drug-likeness (QED) is 0.685. The molecule has 1 aromatic rings. The molecule has 1 aromatic carbocycles. The van der Waals surface area contributed by atoms with Gasteiger partial charge in [-0.2, -0.15) is 5.26 Å². The summed E-state index contributed by atoms with van der Waals surface area (Å²) in [5.74, 6) is 0.259. The van der Waals surface area contributed by atoms with Crippen LogP contribution in [0.15, 0.2) is 36.0 Å². The molecular weight excluding hydrogens is 262 g/mol. The first-order valence-electron chi connectivity index (χ1n) is 7.32. The Bertz CT molecular complexity index is 569. The zero-order chi connectivity index (χ0) is 15.2. The molecule has 4 nitrogen and oxygen atoms in total. The summed E-state index contributed by atoms with van der Waals surface area (Å²) < 4.78 is 0. The van der Waals surface area contributed by atoms with Crippen LogP contribution in [0, 0.1) is 24.2 Å². The number of carbonyl (C=O) groups excluding carboxylic acids is 1. The van der Waals surface area contributed by atoms with E-state index in [-0.39, 0.29) is 11.5 Å². The first-order chi connectivity index (χ1) is 10.1. The number of nitrogens with one attached hydrogen (secondary N) is 1. The van der Waals surface area contributed by atoms with Crippen molar-refractivity contribution in [1.29, 1.82) is 5.26 Å². The van der Waals surface area contributed by atoms with Crippen LogP contribution in [0.4, 0.5) is 5.69 Å². The molecule has 0 aliphatic carbocycles. The highest BCUT2D eigenvalue weighted by Gasteiger charge is 2.16. The minimum atomic E-state index is -0.348. The summed E-state index contributed by atoms with van der Waals surface area (Å²) in [5.41, 5.74) is 2.00. The SMILES string of the molecule is Cc1ccc(NC(=O)/C(C#N)=C\N2CCCC(C)C2)cc1. The molecule has 1 atom stereocenters. The lowest BCUT2D eigenvalue weighted by atomic mass is 10.0. The fourth-order valence-corrected chi connectivity index (χ4v) is 2.50. The normalized spacial score (nSPS) is 19.0. The number of aryl methyl sites for hydroxylation is 1. The second-order valence-electron chi connectivity index (χ2n) is 5.72. The van der Waals surface area contributed by atoms with Gasteiger partial charge in [0.25, 0.3) is 5.91 Å². The standard InChI is InChI=1S/C17H21N3O/c1-13-5-7-16(8-6-13)19-17(21)15(10-18)12-20-9-3-4-14(2)11-20/h5-8,12,14H,3-4,9,11H2,1-2H3,(H,19,21)/b15-12-. The van der Waals surface area contributed by atoms with Crippen molar-refractivity contribution < 1.29 is 4.79 Å². The van der Waals surface area contributed by atoms with Gasteiger partial charge in [0, 0.05) is 25.0 Å². The number of hydrogen-bond acceptors (Lipinski definition) is 3. The summed E-state index contributed by atoms with van der Waals surface area (Å²) in [6.07, 6.45) is 4.01. The molecule has 1 fully saturated rings. The van der Waals surface area contributed by atoms with E-state index in [0.717, 1.165) is 25.1 Å². The fourth-order valence-electron chi connectivity index (χ4n) is 2.50. The fraction of sp³-hybridized carbons (Fsp3) is 0.412. The Labute approximate surface area is 126 Å². The van der Waals surface area contributed by atoms with Gasteiger partial charge in [-0.3, -0.25) is 4.79 Å². The molecule has 21 heavy (non-hydrogen) atoms. The second-order valence-corrected chi connectivity index (χ2v) is 5.72. The van der Waals surface area contributed by atoms with Crippen molar-refractivity contribution in [2.24, 2.45) is 5.92 Å². The average molecular weight is 283 g/mol. The van der Waals surface area contributed by atoms with Crippen LogP contribution in [0.25, 0.3) is 0 Å². The van der Waals surface area contributed by atoms with Crippen molar-refractivity contribution in [3.63, 3.8) is 0 Å². The van der Waals surface area contributed by atoms with Gasteiger partial charge in [0.1, 0.15) is 11.6 Å². The van der Waals surface area contributed by atoms with Gasteiger partial charge in [-0.1, -0.05) is 24.6 Å². The monoisotopic (exact) mass is 283 g/mol. The molecule has 1 aliphatic heterocycles. The van der Waals surface area contributed by atoms with Gasteiger partial charge in [0.2, 0.25) is 0 Å². The van der Waals surface area contributed by atoms with Crippen molar-refractivity contribution in [2.45, 2.75) is 26.7 Å². The van der Waals surface area contributed by atoms with E-state index in [4.69, 9.17) is 0 Å². The number of carbonyl (C=O) groups is 1. The molecule has 0 spiro atoms. The highest BCUT2D eigenvalue weighted by atomic mass is 16.1. The zero-order valence-corrected chi connectivity index (χ0v) is 12.6. The highest BCUT2D eigenvalue weighted by molar-refractivity contribution is 6.06. The number of piperidine rings is 1. The van der Waals surface area contributed by atoms with Gasteiger partial charge in [-0.15, -0.1) is 0 Å². The van der Waals surface area contributed by atoms with E-state index in [1.54, 1.807) is 6.20 Å². The van der Waals surface area contributed by atoms with E-state index >= 15 is 0 Å². The molecule has 0 saturated carbocycles. The number of amides is 1. The molecule has 0 radical (unpaired) electrons. The Hall–Kier alpha value is -2.28. The number of benzene rings is 1. The first kappa shape index (κ1) is 15.1. The molecule has 1 N–H and O–H groups in total. The molecule has 1 unspecified atom stereocenters. The highest BCUT2D eigenvalue weighted by Crippen LogP contribution is 2.17. The van der Waals surface area contributed by atoms with Crippen LogP contribution in [-0.2, 0) is 4.79 Å². The van der Waals surface area contributed by atoms with Gasteiger partial charge in [0.15, 0.2) is 0 Å². The minimum Gasteiger partial charge on any atom is -0.376 e. The summed E-state index contributed by atoms with van der Waals surface area (Å²) in [5, 5.41) is 12.0. The lowest BCUT2D eigenvalue weighted by Crippen LogP contribution is -2.31. The maximum atomic E-state index is 12.2. The molecule has 1 saturated heterocycles. The number of likely N-dealkylation sites (tertiary alicyclic amines) is 1. The van der Waals surface area contributed by atoms with E-state index in [2.05, 4.69) is 17.1 Å². The van der Waals surface area contributed by atoms with Gasteiger partial charge >= 0.3 is 0 Å². The van der Waals surface area contributed by atoms with Crippen molar-refractivity contribution >= 4 is 11.6 Å². The van der Waals surface area contributed by atoms with Gasteiger partial charge in [-0.25, -0.2) is 0 Å². The van der Waals surface area contributed by atoms with Crippen molar-refractivity contribution in [2.75, 3.05) is 18.4 Å². The molecular formula is C17H21N3O. The van der Waals surface area contributed by atoms with Crippen LogP contribution in [0.1, 0.15) is 25.3 Å². The molecule has 1 amide bonds. The largest absolute Gasteiger partial charge is 0.376 e. The minimum absolute atomic E-state index is 0.157. The lowest BCUT2D eigenvalue weighted by molar-refractivity contribution is -0.112. The Kier molecular flexibility index (Phi) is 4.99. The maximum absolute atomic E-state index is 12.2.